The first kappa shape index (κ1) is 16.5. The molecule has 1 amide bonds. The number of hydrogen-bond acceptors (Lipinski definition) is 3. The first-order valence-corrected chi connectivity index (χ1v) is 7.45. The molecule has 0 aromatic carbocycles. The van der Waals surface area contributed by atoms with Gasteiger partial charge in [0.1, 0.15) is 5.82 Å². The maximum Gasteiger partial charge on any atom is 0.251 e. The Morgan fingerprint density at radius 1 is 1.30 bits per heavy atom. The molecule has 0 fully saturated rings. The third kappa shape index (κ3) is 5.59. The van der Waals surface area contributed by atoms with E-state index in [2.05, 4.69) is 36.4 Å². The number of carbonyl (C=O) groups excluding carboxylic acids is 1. The normalized spacial score (nSPS) is 12.3. The average Bonchev–Trinajstić information content (AvgIpc) is 2.34. The average molecular weight is 277 g/mol. The zero-order chi connectivity index (χ0) is 15.1. The third-order valence-corrected chi connectivity index (χ3v) is 2.97. The number of aryl methyl sites for hydroxylation is 1. The van der Waals surface area contributed by atoms with Crippen LogP contribution in [0.2, 0.25) is 0 Å². The second kappa shape index (κ2) is 7.88. The van der Waals surface area contributed by atoms with E-state index in [9.17, 15) is 4.79 Å². The van der Waals surface area contributed by atoms with Crippen LogP contribution in [0.3, 0.4) is 0 Å². The van der Waals surface area contributed by atoms with Gasteiger partial charge in [-0.3, -0.25) is 4.79 Å². The standard InChI is InChI=1S/C16H27N3O/c1-6-7-17-15-10-14(9-13(5)18-15)16(20)19-12(4)8-11(2)3/h9-12H,6-8H2,1-5H3,(H,17,18)(H,19,20). The Hall–Kier alpha value is -1.58. The highest BCUT2D eigenvalue weighted by Crippen LogP contribution is 2.11. The highest BCUT2D eigenvalue weighted by Gasteiger charge is 2.12. The van der Waals surface area contributed by atoms with Crippen molar-refractivity contribution in [2.45, 2.75) is 53.5 Å². The number of hydrogen-bond donors (Lipinski definition) is 2. The Morgan fingerprint density at radius 2 is 2.00 bits per heavy atom. The minimum atomic E-state index is -0.0248. The molecule has 0 aliphatic carbocycles. The molecule has 1 heterocycles. The lowest BCUT2D eigenvalue weighted by Crippen LogP contribution is -2.33. The van der Waals surface area contributed by atoms with Gasteiger partial charge in [0, 0.05) is 23.8 Å². The fraction of sp³-hybridized carbons (Fsp3) is 0.625. The minimum Gasteiger partial charge on any atom is -0.370 e. The van der Waals surface area contributed by atoms with Crippen molar-refractivity contribution >= 4 is 11.7 Å². The van der Waals surface area contributed by atoms with E-state index in [0.717, 1.165) is 30.9 Å². The second-order valence-corrected chi connectivity index (χ2v) is 5.81. The Balaban J connectivity index is 2.74. The summed E-state index contributed by atoms with van der Waals surface area (Å²) >= 11 is 0. The Morgan fingerprint density at radius 3 is 2.60 bits per heavy atom. The molecular weight excluding hydrogens is 250 g/mol. The van der Waals surface area contributed by atoms with Crippen molar-refractivity contribution in [1.82, 2.24) is 10.3 Å². The first-order chi connectivity index (χ1) is 9.42. The Labute approximate surface area is 122 Å². The molecule has 0 saturated heterocycles. The number of nitrogens with zero attached hydrogens (tertiary/aromatic N) is 1. The summed E-state index contributed by atoms with van der Waals surface area (Å²) in [6.07, 6.45) is 2.01. The van der Waals surface area contributed by atoms with Crippen molar-refractivity contribution in [3.8, 4) is 0 Å². The SMILES string of the molecule is CCCNc1cc(C(=O)NC(C)CC(C)C)cc(C)n1. The summed E-state index contributed by atoms with van der Waals surface area (Å²) in [6.45, 7) is 11.2. The number of nitrogens with one attached hydrogen (secondary N) is 2. The number of carbonyl (C=O) groups is 1. The van der Waals surface area contributed by atoms with Crippen LogP contribution < -0.4 is 10.6 Å². The van der Waals surface area contributed by atoms with Crippen LogP contribution in [0.25, 0.3) is 0 Å². The van der Waals surface area contributed by atoms with Gasteiger partial charge in [-0.15, -0.1) is 0 Å². The van der Waals surface area contributed by atoms with E-state index in [1.54, 1.807) is 0 Å². The summed E-state index contributed by atoms with van der Waals surface area (Å²) in [4.78, 5) is 16.6. The maximum absolute atomic E-state index is 12.2. The molecule has 1 aromatic heterocycles. The van der Waals surface area contributed by atoms with Crippen molar-refractivity contribution in [3.05, 3.63) is 23.4 Å². The van der Waals surface area contributed by atoms with Crippen LogP contribution in [0, 0.1) is 12.8 Å². The van der Waals surface area contributed by atoms with Gasteiger partial charge in [-0.25, -0.2) is 4.98 Å². The largest absolute Gasteiger partial charge is 0.370 e. The predicted molar refractivity (Wildman–Crippen MR) is 84.1 cm³/mol. The van der Waals surface area contributed by atoms with Crippen molar-refractivity contribution in [2.24, 2.45) is 5.92 Å². The molecule has 1 aromatic rings. The van der Waals surface area contributed by atoms with E-state index in [0.29, 0.717) is 11.5 Å². The van der Waals surface area contributed by atoms with Crippen LogP contribution in [0.15, 0.2) is 12.1 Å². The summed E-state index contributed by atoms with van der Waals surface area (Å²) in [5.74, 6) is 1.32. The van der Waals surface area contributed by atoms with Gasteiger partial charge in [-0.2, -0.15) is 0 Å². The number of pyridine rings is 1. The second-order valence-electron chi connectivity index (χ2n) is 5.81. The number of aromatic nitrogens is 1. The first-order valence-electron chi connectivity index (χ1n) is 7.45. The lowest BCUT2D eigenvalue weighted by Gasteiger charge is -2.16. The van der Waals surface area contributed by atoms with E-state index in [-0.39, 0.29) is 11.9 Å². The van der Waals surface area contributed by atoms with Crippen molar-refractivity contribution in [2.75, 3.05) is 11.9 Å². The Bertz CT molecular complexity index is 443. The minimum absolute atomic E-state index is 0.0248. The fourth-order valence-electron chi connectivity index (χ4n) is 2.22. The molecule has 1 rings (SSSR count). The molecule has 0 saturated carbocycles. The predicted octanol–water partition coefficient (Wildman–Crippen LogP) is 3.38. The van der Waals surface area contributed by atoms with Crippen LogP contribution in [-0.2, 0) is 0 Å². The fourth-order valence-corrected chi connectivity index (χ4v) is 2.22. The van der Waals surface area contributed by atoms with Crippen molar-refractivity contribution in [1.29, 1.82) is 0 Å². The number of amides is 1. The van der Waals surface area contributed by atoms with Crippen LogP contribution in [0.4, 0.5) is 5.82 Å². The summed E-state index contributed by atoms with van der Waals surface area (Å²) < 4.78 is 0. The van der Waals surface area contributed by atoms with Gasteiger partial charge in [-0.1, -0.05) is 20.8 Å². The van der Waals surface area contributed by atoms with Gasteiger partial charge in [0.25, 0.3) is 5.91 Å². The van der Waals surface area contributed by atoms with Crippen molar-refractivity contribution < 1.29 is 4.79 Å². The van der Waals surface area contributed by atoms with Crippen LogP contribution >= 0.6 is 0 Å². The zero-order valence-corrected chi connectivity index (χ0v) is 13.3. The van der Waals surface area contributed by atoms with Gasteiger partial charge in [0.15, 0.2) is 0 Å². The molecular formula is C16H27N3O. The van der Waals surface area contributed by atoms with Gasteiger partial charge < -0.3 is 10.6 Å². The molecule has 0 spiro atoms. The molecule has 0 aliphatic heterocycles. The lowest BCUT2D eigenvalue weighted by atomic mass is 10.0. The van der Waals surface area contributed by atoms with Crippen LogP contribution in [0.1, 0.15) is 56.6 Å². The van der Waals surface area contributed by atoms with Gasteiger partial charge >= 0.3 is 0 Å². The summed E-state index contributed by atoms with van der Waals surface area (Å²) in [5.41, 5.74) is 1.53. The van der Waals surface area contributed by atoms with Gasteiger partial charge in [-0.05, 0) is 44.7 Å². The van der Waals surface area contributed by atoms with E-state index >= 15 is 0 Å². The van der Waals surface area contributed by atoms with E-state index in [1.807, 2.05) is 26.0 Å². The monoisotopic (exact) mass is 277 g/mol. The highest BCUT2D eigenvalue weighted by atomic mass is 16.1. The highest BCUT2D eigenvalue weighted by molar-refractivity contribution is 5.95. The van der Waals surface area contributed by atoms with E-state index in [1.165, 1.54) is 0 Å². The summed E-state index contributed by atoms with van der Waals surface area (Å²) in [6, 6.07) is 3.83. The summed E-state index contributed by atoms with van der Waals surface area (Å²) in [5, 5.41) is 6.27. The molecule has 112 valence electrons. The maximum atomic E-state index is 12.2. The molecule has 4 nitrogen and oxygen atoms in total. The molecule has 2 N–H and O–H groups in total. The smallest absolute Gasteiger partial charge is 0.251 e. The van der Waals surface area contributed by atoms with Crippen molar-refractivity contribution in [3.63, 3.8) is 0 Å². The molecule has 0 aliphatic rings. The van der Waals surface area contributed by atoms with Crippen LogP contribution in [-0.4, -0.2) is 23.5 Å². The molecule has 0 bridgehead atoms. The molecule has 1 unspecified atom stereocenters. The summed E-state index contributed by atoms with van der Waals surface area (Å²) in [7, 11) is 0. The topological polar surface area (TPSA) is 54.0 Å². The third-order valence-electron chi connectivity index (χ3n) is 2.97. The molecule has 0 radical (unpaired) electrons. The Kier molecular flexibility index (Phi) is 6.49. The number of rotatable bonds is 7. The van der Waals surface area contributed by atoms with Gasteiger partial charge in [0.05, 0.1) is 0 Å². The van der Waals surface area contributed by atoms with E-state index in [4.69, 9.17) is 0 Å². The lowest BCUT2D eigenvalue weighted by molar-refractivity contribution is 0.0936. The quantitative estimate of drug-likeness (QED) is 0.803. The van der Waals surface area contributed by atoms with Gasteiger partial charge in [0.2, 0.25) is 0 Å². The number of anilines is 1. The molecule has 20 heavy (non-hydrogen) atoms. The molecule has 1 atom stereocenters. The van der Waals surface area contributed by atoms with Crippen LogP contribution in [0.5, 0.6) is 0 Å². The molecule has 4 heteroatoms. The van der Waals surface area contributed by atoms with E-state index < -0.39 is 0 Å². The zero-order valence-electron chi connectivity index (χ0n) is 13.3.